The Morgan fingerprint density at radius 1 is 1.22 bits per heavy atom. The predicted octanol–water partition coefficient (Wildman–Crippen LogP) is -0.436. The van der Waals surface area contributed by atoms with Crippen LogP contribution in [0.15, 0.2) is 0 Å². The molecule has 1 atom stereocenters. The van der Waals surface area contributed by atoms with E-state index in [1.54, 1.807) is 0 Å². The summed E-state index contributed by atoms with van der Waals surface area (Å²) in [6, 6.07) is -0.763. The Bertz CT molecular complexity index is 263. The maximum atomic E-state index is 11.9. The number of amides is 3. The zero-order chi connectivity index (χ0) is 13.4. The molecule has 0 radical (unpaired) electrons. The molecule has 1 unspecified atom stereocenters. The molecule has 1 fully saturated rings. The number of alkyl halides is 2. The van der Waals surface area contributed by atoms with Crippen LogP contribution in [-0.2, 0) is 4.79 Å². The van der Waals surface area contributed by atoms with Crippen LogP contribution in [0.5, 0.6) is 0 Å². The van der Waals surface area contributed by atoms with E-state index in [4.69, 9.17) is 23.2 Å². The van der Waals surface area contributed by atoms with Gasteiger partial charge in [-0.3, -0.25) is 4.79 Å². The molecule has 0 spiro atoms. The summed E-state index contributed by atoms with van der Waals surface area (Å²) in [7, 11) is 0. The molecule has 0 aliphatic carbocycles. The fourth-order valence-electron chi connectivity index (χ4n) is 1.73. The summed E-state index contributed by atoms with van der Waals surface area (Å²) in [5, 5.41) is 8.44. The zero-order valence-corrected chi connectivity index (χ0v) is 11.6. The molecule has 0 aromatic heterocycles. The van der Waals surface area contributed by atoms with E-state index < -0.39 is 6.04 Å². The second kappa shape index (κ2) is 8.39. The van der Waals surface area contributed by atoms with Crippen molar-refractivity contribution in [3.63, 3.8) is 0 Å². The van der Waals surface area contributed by atoms with Crippen molar-refractivity contribution < 1.29 is 9.59 Å². The summed E-state index contributed by atoms with van der Waals surface area (Å²) >= 11 is 11.0. The molecular formula is C10H18Cl2N4O2. The van der Waals surface area contributed by atoms with Crippen LogP contribution in [0.1, 0.15) is 0 Å². The standard InChI is InChI=1S/C10H18Cl2N4O2/c11-1-3-14-9(17)8-7-13-5-6-16(8)10(18)15-4-2-12/h8,13H,1-7H2,(H,14,17)(H,15,18). The lowest BCUT2D eigenvalue weighted by atomic mass is 10.2. The molecular weight excluding hydrogens is 279 g/mol. The topological polar surface area (TPSA) is 73.5 Å². The van der Waals surface area contributed by atoms with E-state index in [1.807, 2.05) is 0 Å². The highest BCUT2D eigenvalue weighted by molar-refractivity contribution is 6.18. The van der Waals surface area contributed by atoms with Crippen LogP contribution >= 0.6 is 23.2 Å². The Morgan fingerprint density at radius 2 is 1.89 bits per heavy atom. The molecule has 1 rings (SSSR count). The van der Waals surface area contributed by atoms with Gasteiger partial charge >= 0.3 is 6.03 Å². The monoisotopic (exact) mass is 296 g/mol. The van der Waals surface area contributed by atoms with Crippen molar-refractivity contribution in [2.24, 2.45) is 0 Å². The van der Waals surface area contributed by atoms with Crippen LogP contribution in [0.25, 0.3) is 0 Å². The van der Waals surface area contributed by atoms with E-state index in [9.17, 15) is 9.59 Å². The summed E-state index contributed by atoms with van der Waals surface area (Å²) in [4.78, 5) is 25.3. The number of urea groups is 1. The van der Waals surface area contributed by atoms with Crippen molar-refractivity contribution in [1.29, 1.82) is 0 Å². The summed E-state index contributed by atoms with van der Waals surface area (Å²) < 4.78 is 0. The maximum Gasteiger partial charge on any atom is 0.318 e. The van der Waals surface area contributed by atoms with Crippen LogP contribution < -0.4 is 16.0 Å². The number of rotatable bonds is 5. The lowest BCUT2D eigenvalue weighted by Gasteiger charge is -2.35. The van der Waals surface area contributed by atoms with Crippen LogP contribution in [0.4, 0.5) is 4.79 Å². The minimum atomic E-state index is -0.503. The lowest BCUT2D eigenvalue weighted by Crippen LogP contribution is -2.61. The first-order valence-corrected chi connectivity index (χ1v) is 6.92. The number of piperazine rings is 1. The Kier molecular flexibility index (Phi) is 7.15. The van der Waals surface area contributed by atoms with Crippen molar-refractivity contribution in [3.05, 3.63) is 0 Å². The summed E-state index contributed by atoms with van der Waals surface area (Å²) in [6.07, 6.45) is 0. The van der Waals surface area contributed by atoms with Crippen molar-refractivity contribution in [2.45, 2.75) is 6.04 Å². The molecule has 3 amide bonds. The van der Waals surface area contributed by atoms with Gasteiger partial charge in [-0.2, -0.15) is 0 Å². The van der Waals surface area contributed by atoms with Crippen LogP contribution in [0, 0.1) is 0 Å². The number of nitrogens with one attached hydrogen (secondary N) is 3. The van der Waals surface area contributed by atoms with E-state index in [-0.39, 0.29) is 11.9 Å². The molecule has 0 bridgehead atoms. The molecule has 0 aromatic rings. The molecule has 18 heavy (non-hydrogen) atoms. The van der Waals surface area contributed by atoms with Gasteiger partial charge in [0.05, 0.1) is 0 Å². The molecule has 6 nitrogen and oxygen atoms in total. The Labute approximate surface area is 116 Å². The van der Waals surface area contributed by atoms with Gasteiger partial charge < -0.3 is 20.9 Å². The van der Waals surface area contributed by atoms with Gasteiger partial charge in [0.25, 0.3) is 0 Å². The SMILES string of the molecule is O=C(NCCCl)C1CNCCN1C(=O)NCCCl. The van der Waals surface area contributed by atoms with Crippen LogP contribution in [-0.4, -0.2) is 67.4 Å². The van der Waals surface area contributed by atoms with Crippen LogP contribution in [0.3, 0.4) is 0 Å². The molecule has 1 aliphatic rings. The summed E-state index contributed by atoms with van der Waals surface area (Å²) in [5.74, 6) is 0.509. The molecule has 0 saturated carbocycles. The quantitative estimate of drug-likeness (QED) is 0.603. The van der Waals surface area contributed by atoms with Crippen molar-refractivity contribution in [1.82, 2.24) is 20.9 Å². The largest absolute Gasteiger partial charge is 0.353 e. The average molecular weight is 297 g/mol. The van der Waals surface area contributed by atoms with Crippen molar-refractivity contribution >= 4 is 35.1 Å². The van der Waals surface area contributed by atoms with Crippen molar-refractivity contribution in [3.8, 4) is 0 Å². The number of nitrogens with zero attached hydrogens (tertiary/aromatic N) is 1. The van der Waals surface area contributed by atoms with Crippen LogP contribution in [0.2, 0.25) is 0 Å². The molecule has 1 saturated heterocycles. The van der Waals surface area contributed by atoms with Gasteiger partial charge in [-0.05, 0) is 0 Å². The van der Waals surface area contributed by atoms with Gasteiger partial charge in [-0.25, -0.2) is 4.79 Å². The first-order chi connectivity index (χ1) is 8.70. The summed E-state index contributed by atoms with van der Waals surface area (Å²) in [6.45, 7) is 2.40. The van der Waals surface area contributed by atoms with Gasteiger partial charge in [0.2, 0.25) is 5.91 Å². The van der Waals surface area contributed by atoms with E-state index in [0.29, 0.717) is 44.5 Å². The number of carbonyl (C=O) groups excluding carboxylic acids is 2. The fraction of sp³-hybridized carbons (Fsp3) is 0.800. The minimum absolute atomic E-state index is 0.191. The van der Waals surface area contributed by atoms with E-state index in [2.05, 4.69) is 16.0 Å². The fourth-order valence-corrected chi connectivity index (χ4v) is 1.91. The van der Waals surface area contributed by atoms with Gasteiger partial charge in [0, 0.05) is 44.5 Å². The third-order valence-electron chi connectivity index (χ3n) is 2.57. The first-order valence-electron chi connectivity index (χ1n) is 5.85. The average Bonchev–Trinajstić information content (AvgIpc) is 2.42. The second-order valence-electron chi connectivity index (χ2n) is 3.81. The number of halogens is 2. The molecule has 1 aliphatic heterocycles. The number of hydrogen-bond acceptors (Lipinski definition) is 3. The maximum absolute atomic E-state index is 11.9. The minimum Gasteiger partial charge on any atom is -0.353 e. The second-order valence-corrected chi connectivity index (χ2v) is 4.57. The third kappa shape index (κ3) is 4.51. The molecule has 104 valence electrons. The Balaban J connectivity index is 2.55. The Hall–Kier alpha value is -0.720. The first kappa shape index (κ1) is 15.3. The van der Waals surface area contributed by atoms with Gasteiger partial charge in [0.1, 0.15) is 6.04 Å². The molecule has 0 aromatic carbocycles. The van der Waals surface area contributed by atoms with Crippen molar-refractivity contribution in [2.75, 3.05) is 44.5 Å². The Morgan fingerprint density at radius 3 is 2.56 bits per heavy atom. The van der Waals surface area contributed by atoms with E-state index in [0.717, 1.165) is 0 Å². The smallest absolute Gasteiger partial charge is 0.318 e. The lowest BCUT2D eigenvalue weighted by molar-refractivity contribution is -0.125. The summed E-state index contributed by atoms with van der Waals surface area (Å²) in [5.41, 5.74) is 0. The van der Waals surface area contributed by atoms with Gasteiger partial charge in [0.15, 0.2) is 0 Å². The zero-order valence-electron chi connectivity index (χ0n) is 10.0. The highest BCUT2D eigenvalue weighted by atomic mass is 35.5. The third-order valence-corrected chi connectivity index (χ3v) is 2.95. The normalized spacial score (nSPS) is 19.4. The van der Waals surface area contributed by atoms with Gasteiger partial charge in [-0.1, -0.05) is 0 Å². The number of hydrogen-bond donors (Lipinski definition) is 3. The van der Waals surface area contributed by atoms with E-state index >= 15 is 0 Å². The highest BCUT2D eigenvalue weighted by Crippen LogP contribution is 2.04. The molecule has 1 heterocycles. The molecule has 3 N–H and O–H groups in total. The predicted molar refractivity (Wildman–Crippen MR) is 71.2 cm³/mol. The van der Waals surface area contributed by atoms with Gasteiger partial charge in [-0.15, -0.1) is 23.2 Å². The van der Waals surface area contributed by atoms with E-state index in [1.165, 1.54) is 4.90 Å². The highest BCUT2D eigenvalue weighted by Gasteiger charge is 2.31. The molecule has 8 heteroatoms. The number of carbonyl (C=O) groups is 2.